The predicted molar refractivity (Wildman–Crippen MR) is 48.1 cm³/mol. The van der Waals surface area contributed by atoms with Crippen molar-refractivity contribution in [3.05, 3.63) is 34.4 Å². The van der Waals surface area contributed by atoms with Crippen molar-refractivity contribution >= 4 is 0 Å². The fourth-order valence-corrected chi connectivity index (χ4v) is 1.50. The Morgan fingerprint density at radius 2 is 1.67 bits per heavy atom. The molecule has 0 atom stereocenters. The molecule has 0 radical (unpaired) electrons. The second-order valence-electron chi connectivity index (χ2n) is 3.15. The van der Waals surface area contributed by atoms with Crippen LogP contribution in [0.5, 0.6) is 0 Å². The summed E-state index contributed by atoms with van der Waals surface area (Å²) in [5.41, 5.74) is 4.65. The van der Waals surface area contributed by atoms with E-state index in [1.807, 2.05) is 13.8 Å². The molecule has 0 unspecified atom stereocenters. The molecule has 2 nitrogen and oxygen atoms in total. The Morgan fingerprint density at radius 1 is 1.17 bits per heavy atom. The summed E-state index contributed by atoms with van der Waals surface area (Å²) in [4.78, 5) is 4.13. The van der Waals surface area contributed by atoms with Gasteiger partial charge in [0.15, 0.2) is 0 Å². The molecule has 0 saturated heterocycles. The summed E-state index contributed by atoms with van der Waals surface area (Å²) in [5, 5.41) is 8.34. The van der Waals surface area contributed by atoms with Crippen molar-refractivity contribution in [2.75, 3.05) is 0 Å². The zero-order valence-electron chi connectivity index (χ0n) is 7.72. The minimum atomic E-state index is 0.276. The molecule has 0 aliphatic carbocycles. The monoisotopic (exact) mass is 166 g/mol. The van der Waals surface area contributed by atoms with Crippen LogP contribution in [0.3, 0.4) is 0 Å². The van der Waals surface area contributed by atoms with Crippen molar-refractivity contribution in [3.8, 4) is 0 Å². The fourth-order valence-electron chi connectivity index (χ4n) is 1.50. The molecule has 0 amide bonds. The standard InChI is InChI=1S/C10H14O2/c1-7-4-8(2)10(6-12-11)9(3)5-7/h4-5,11H,6H2,1-3H3. The van der Waals surface area contributed by atoms with Crippen molar-refractivity contribution in [1.29, 1.82) is 0 Å². The van der Waals surface area contributed by atoms with Crippen LogP contribution in [0.15, 0.2) is 12.1 Å². The Hall–Kier alpha value is -0.860. The largest absolute Gasteiger partial charge is 0.251 e. The third-order valence-corrected chi connectivity index (χ3v) is 2.05. The lowest BCUT2D eigenvalue weighted by Gasteiger charge is -2.08. The van der Waals surface area contributed by atoms with Crippen LogP contribution in [0.2, 0.25) is 0 Å². The highest BCUT2D eigenvalue weighted by Gasteiger charge is 2.02. The summed E-state index contributed by atoms with van der Waals surface area (Å²) in [5.74, 6) is 0. The van der Waals surface area contributed by atoms with Crippen molar-refractivity contribution < 1.29 is 10.1 Å². The van der Waals surface area contributed by atoms with E-state index in [4.69, 9.17) is 5.26 Å². The van der Waals surface area contributed by atoms with Gasteiger partial charge in [0.2, 0.25) is 0 Å². The van der Waals surface area contributed by atoms with Gasteiger partial charge in [-0.05, 0) is 37.5 Å². The first-order valence-electron chi connectivity index (χ1n) is 3.98. The summed E-state index contributed by atoms with van der Waals surface area (Å²) in [7, 11) is 0. The molecule has 66 valence electrons. The van der Waals surface area contributed by atoms with E-state index < -0.39 is 0 Å². The number of benzene rings is 1. The van der Waals surface area contributed by atoms with Crippen molar-refractivity contribution in [1.82, 2.24) is 0 Å². The second kappa shape index (κ2) is 3.70. The molecule has 0 saturated carbocycles. The molecule has 1 rings (SSSR count). The Bertz CT molecular complexity index is 256. The van der Waals surface area contributed by atoms with Gasteiger partial charge in [-0.3, -0.25) is 5.26 Å². The smallest absolute Gasteiger partial charge is 0.108 e. The molecular weight excluding hydrogens is 152 g/mol. The number of rotatable bonds is 2. The summed E-state index contributed by atoms with van der Waals surface area (Å²) in [6, 6.07) is 4.17. The van der Waals surface area contributed by atoms with Gasteiger partial charge in [0.05, 0.1) is 0 Å². The van der Waals surface area contributed by atoms with Crippen molar-refractivity contribution in [3.63, 3.8) is 0 Å². The van der Waals surface area contributed by atoms with E-state index in [1.54, 1.807) is 0 Å². The van der Waals surface area contributed by atoms with Gasteiger partial charge in [-0.25, -0.2) is 4.89 Å². The molecule has 12 heavy (non-hydrogen) atoms. The third kappa shape index (κ3) is 1.84. The van der Waals surface area contributed by atoms with Gasteiger partial charge in [0.25, 0.3) is 0 Å². The molecule has 0 heterocycles. The lowest BCUT2D eigenvalue weighted by molar-refractivity contribution is -0.253. The number of hydrogen-bond acceptors (Lipinski definition) is 2. The highest BCUT2D eigenvalue weighted by atomic mass is 17.1. The first-order chi connectivity index (χ1) is 5.65. The Balaban J connectivity index is 3.10. The van der Waals surface area contributed by atoms with E-state index in [2.05, 4.69) is 23.9 Å². The molecule has 1 aromatic carbocycles. The van der Waals surface area contributed by atoms with E-state index in [9.17, 15) is 0 Å². The van der Waals surface area contributed by atoms with Gasteiger partial charge in [-0.1, -0.05) is 17.7 Å². The molecule has 1 aromatic rings. The van der Waals surface area contributed by atoms with Gasteiger partial charge >= 0.3 is 0 Å². The molecule has 0 aromatic heterocycles. The lowest BCUT2D eigenvalue weighted by atomic mass is 10.0. The summed E-state index contributed by atoms with van der Waals surface area (Å²) in [6.45, 7) is 6.38. The Labute approximate surface area is 72.7 Å². The van der Waals surface area contributed by atoms with Gasteiger partial charge in [0.1, 0.15) is 6.61 Å². The van der Waals surface area contributed by atoms with Crippen molar-refractivity contribution in [2.24, 2.45) is 0 Å². The Morgan fingerprint density at radius 3 is 2.08 bits per heavy atom. The van der Waals surface area contributed by atoms with Gasteiger partial charge in [-0.2, -0.15) is 0 Å². The highest BCUT2D eigenvalue weighted by Crippen LogP contribution is 2.16. The first kappa shape index (κ1) is 9.23. The lowest BCUT2D eigenvalue weighted by Crippen LogP contribution is -1.96. The third-order valence-electron chi connectivity index (χ3n) is 2.05. The van der Waals surface area contributed by atoms with E-state index in [-0.39, 0.29) is 6.61 Å². The van der Waals surface area contributed by atoms with Crippen LogP contribution >= 0.6 is 0 Å². The van der Waals surface area contributed by atoms with Crippen LogP contribution in [-0.2, 0) is 11.5 Å². The first-order valence-corrected chi connectivity index (χ1v) is 3.98. The van der Waals surface area contributed by atoms with Crippen molar-refractivity contribution in [2.45, 2.75) is 27.4 Å². The van der Waals surface area contributed by atoms with Crippen LogP contribution in [0.1, 0.15) is 22.3 Å². The number of hydrogen-bond donors (Lipinski definition) is 1. The van der Waals surface area contributed by atoms with E-state index in [1.165, 1.54) is 16.7 Å². The molecule has 1 N–H and O–H groups in total. The van der Waals surface area contributed by atoms with Gasteiger partial charge in [-0.15, -0.1) is 0 Å². The second-order valence-corrected chi connectivity index (χ2v) is 3.15. The topological polar surface area (TPSA) is 29.5 Å². The van der Waals surface area contributed by atoms with Gasteiger partial charge < -0.3 is 0 Å². The van der Waals surface area contributed by atoms with Crippen LogP contribution in [0, 0.1) is 20.8 Å². The molecule has 0 bridgehead atoms. The normalized spacial score (nSPS) is 10.3. The quantitative estimate of drug-likeness (QED) is 0.540. The SMILES string of the molecule is Cc1cc(C)c(COO)c(C)c1. The molecule has 0 aliphatic rings. The van der Waals surface area contributed by atoms with Gasteiger partial charge in [0, 0.05) is 0 Å². The number of aryl methyl sites for hydroxylation is 3. The van der Waals surface area contributed by atoms with Crippen LogP contribution in [-0.4, -0.2) is 5.26 Å². The van der Waals surface area contributed by atoms with E-state index >= 15 is 0 Å². The van der Waals surface area contributed by atoms with E-state index in [0.29, 0.717) is 0 Å². The van der Waals surface area contributed by atoms with Crippen LogP contribution < -0.4 is 0 Å². The fraction of sp³-hybridized carbons (Fsp3) is 0.400. The minimum absolute atomic E-state index is 0.276. The molecule has 0 spiro atoms. The predicted octanol–water partition coefficient (Wildman–Crippen LogP) is 2.60. The maximum Gasteiger partial charge on any atom is 0.108 e. The summed E-state index contributed by atoms with van der Waals surface area (Å²) in [6.07, 6.45) is 0. The van der Waals surface area contributed by atoms with Crippen LogP contribution in [0.4, 0.5) is 0 Å². The average molecular weight is 166 g/mol. The molecule has 0 aliphatic heterocycles. The van der Waals surface area contributed by atoms with Crippen LogP contribution in [0.25, 0.3) is 0 Å². The Kier molecular flexibility index (Phi) is 2.84. The highest BCUT2D eigenvalue weighted by molar-refractivity contribution is 5.36. The molecular formula is C10H14O2. The maximum absolute atomic E-state index is 8.34. The summed E-state index contributed by atoms with van der Waals surface area (Å²) >= 11 is 0. The molecule has 0 fully saturated rings. The summed E-state index contributed by atoms with van der Waals surface area (Å²) < 4.78 is 0. The maximum atomic E-state index is 8.34. The average Bonchev–Trinajstić information content (AvgIpc) is 1.96. The van der Waals surface area contributed by atoms with E-state index in [0.717, 1.165) is 5.56 Å². The zero-order valence-corrected chi connectivity index (χ0v) is 7.72. The minimum Gasteiger partial charge on any atom is -0.251 e. The zero-order chi connectivity index (χ0) is 9.14. The molecule has 2 heteroatoms.